The van der Waals surface area contributed by atoms with Gasteiger partial charge in [0.05, 0.1) is 17.0 Å². The van der Waals surface area contributed by atoms with E-state index in [2.05, 4.69) is 0 Å². The molecule has 24 heavy (non-hydrogen) atoms. The SMILES string of the molecule is CCN1C(=O)/C(=C/c2cc(Cl)c(OCC(=O)O)c(OC)c2)SC1=S. The first-order valence-corrected chi connectivity index (χ1v) is 8.45. The Kier molecular flexibility index (Phi) is 6.09. The second-order valence-corrected chi connectivity index (χ2v) is 6.73. The lowest BCUT2D eigenvalue weighted by atomic mass is 10.1. The van der Waals surface area contributed by atoms with Crippen molar-refractivity contribution < 1.29 is 24.2 Å². The van der Waals surface area contributed by atoms with Gasteiger partial charge in [-0.25, -0.2) is 4.79 Å². The Morgan fingerprint density at radius 1 is 1.50 bits per heavy atom. The van der Waals surface area contributed by atoms with E-state index in [0.29, 0.717) is 21.3 Å². The number of rotatable bonds is 6. The van der Waals surface area contributed by atoms with Gasteiger partial charge in [0.15, 0.2) is 18.1 Å². The van der Waals surface area contributed by atoms with E-state index in [1.54, 1.807) is 18.2 Å². The van der Waals surface area contributed by atoms with Crippen molar-refractivity contribution in [1.29, 1.82) is 0 Å². The van der Waals surface area contributed by atoms with Crippen LogP contribution >= 0.6 is 35.6 Å². The number of carboxylic acids is 1. The van der Waals surface area contributed by atoms with E-state index in [0.717, 1.165) is 0 Å². The Balaban J connectivity index is 2.34. The largest absolute Gasteiger partial charge is 0.493 e. The minimum Gasteiger partial charge on any atom is -0.493 e. The zero-order valence-electron chi connectivity index (χ0n) is 12.9. The molecule has 0 atom stereocenters. The maximum absolute atomic E-state index is 12.2. The first kappa shape index (κ1) is 18.6. The van der Waals surface area contributed by atoms with Crippen molar-refractivity contribution >= 4 is 57.9 Å². The molecule has 1 fully saturated rings. The third-order valence-electron chi connectivity index (χ3n) is 3.08. The van der Waals surface area contributed by atoms with Crippen LogP contribution in [0, 0.1) is 0 Å². The normalized spacial score (nSPS) is 16.0. The van der Waals surface area contributed by atoms with E-state index in [4.69, 9.17) is 38.4 Å². The molecule has 0 spiro atoms. The molecule has 0 bridgehead atoms. The minimum absolute atomic E-state index is 0.139. The van der Waals surface area contributed by atoms with Gasteiger partial charge in [0.2, 0.25) is 0 Å². The molecule has 1 aliphatic rings. The Bertz CT molecular complexity index is 735. The van der Waals surface area contributed by atoms with Crippen LogP contribution in [0.3, 0.4) is 0 Å². The molecular weight excluding hydrogens is 374 g/mol. The molecule has 0 radical (unpaired) electrons. The highest BCUT2D eigenvalue weighted by Crippen LogP contribution is 2.38. The van der Waals surface area contributed by atoms with E-state index in [1.807, 2.05) is 6.92 Å². The summed E-state index contributed by atoms with van der Waals surface area (Å²) >= 11 is 12.5. The predicted molar refractivity (Wildman–Crippen MR) is 96.7 cm³/mol. The standard InChI is InChI=1S/C15H14ClNO5S2/c1-3-17-14(20)11(24-15(17)23)6-8-4-9(16)13(10(5-8)21-2)22-7-12(18)19/h4-6H,3,7H2,1-2H3,(H,18,19)/b11-6-. The van der Waals surface area contributed by atoms with Crippen molar-refractivity contribution in [3.05, 3.63) is 27.6 Å². The second kappa shape index (κ2) is 7.87. The summed E-state index contributed by atoms with van der Waals surface area (Å²) in [5.74, 6) is -0.866. The number of thiocarbonyl (C=S) groups is 1. The molecule has 1 aromatic rings. The van der Waals surface area contributed by atoms with Crippen LogP contribution in [0.4, 0.5) is 0 Å². The number of nitrogens with zero attached hydrogens (tertiary/aromatic N) is 1. The lowest BCUT2D eigenvalue weighted by Gasteiger charge is -2.12. The molecule has 1 aliphatic heterocycles. The molecule has 0 saturated carbocycles. The number of hydrogen-bond donors (Lipinski definition) is 1. The number of amides is 1. The number of likely N-dealkylation sites (N-methyl/N-ethyl adjacent to an activating group) is 1. The summed E-state index contributed by atoms with van der Waals surface area (Å²) in [6.45, 7) is 1.82. The molecule has 9 heteroatoms. The number of thioether (sulfide) groups is 1. The minimum atomic E-state index is -1.12. The van der Waals surface area contributed by atoms with Gasteiger partial charge in [0, 0.05) is 6.54 Å². The van der Waals surface area contributed by atoms with E-state index in [9.17, 15) is 9.59 Å². The van der Waals surface area contributed by atoms with Crippen LogP contribution in [0.15, 0.2) is 17.0 Å². The molecule has 0 unspecified atom stereocenters. The van der Waals surface area contributed by atoms with Gasteiger partial charge in [-0.15, -0.1) is 0 Å². The van der Waals surface area contributed by atoms with Gasteiger partial charge in [-0.1, -0.05) is 35.6 Å². The van der Waals surface area contributed by atoms with E-state index in [1.165, 1.54) is 23.8 Å². The fourth-order valence-corrected chi connectivity index (χ4v) is 3.68. The van der Waals surface area contributed by atoms with Crippen LogP contribution in [0.5, 0.6) is 11.5 Å². The summed E-state index contributed by atoms with van der Waals surface area (Å²) in [5, 5.41) is 8.89. The van der Waals surface area contributed by atoms with Gasteiger partial charge in [-0.2, -0.15) is 0 Å². The van der Waals surface area contributed by atoms with Crippen LogP contribution in [0.25, 0.3) is 6.08 Å². The average Bonchev–Trinajstić information content (AvgIpc) is 2.79. The number of benzene rings is 1. The number of carbonyl (C=O) groups is 2. The molecule has 1 amide bonds. The van der Waals surface area contributed by atoms with E-state index < -0.39 is 12.6 Å². The lowest BCUT2D eigenvalue weighted by Crippen LogP contribution is -2.27. The number of carbonyl (C=O) groups excluding carboxylic acids is 1. The molecule has 1 saturated heterocycles. The Hall–Kier alpha value is -1.77. The summed E-state index contributed by atoms with van der Waals surface area (Å²) in [6, 6.07) is 3.18. The van der Waals surface area contributed by atoms with Crippen molar-refractivity contribution in [2.24, 2.45) is 0 Å². The topological polar surface area (TPSA) is 76.1 Å². The van der Waals surface area contributed by atoms with E-state index in [-0.39, 0.29) is 22.4 Å². The maximum Gasteiger partial charge on any atom is 0.341 e. The molecule has 1 aromatic carbocycles. The highest BCUT2D eigenvalue weighted by atomic mass is 35.5. The first-order valence-electron chi connectivity index (χ1n) is 6.84. The summed E-state index contributed by atoms with van der Waals surface area (Å²) in [6.07, 6.45) is 1.66. The van der Waals surface area contributed by atoms with Crippen LogP contribution in [-0.4, -0.2) is 46.5 Å². The summed E-state index contributed by atoms with van der Waals surface area (Å²) in [7, 11) is 1.42. The lowest BCUT2D eigenvalue weighted by molar-refractivity contribution is -0.139. The zero-order chi connectivity index (χ0) is 17.9. The molecule has 6 nitrogen and oxygen atoms in total. The molecule has 1 heterocycles. The highest BCUT2D eigenvalue weighted by Gasteiger charge is 2.30. The zero-order valence-corrected chi connectivity index (χ0v) is 15.3. The predicted octanol–water partition coefficient (Wildman–Crippen LogP) is 3.03. The van der Waals surface area contributed by atoms with Crippen LogP contribution in [0.1, 0.15) is 12.5 Å². The molecule has 2 rings (SSSR count). The quantitative estimate of drug-likeness (QED) is 0.593. The molecule has 0 aromatic heterocycles. The smallest absolute Gasteiger partial charge is 0.341 e. The summed E-state index contributed by atoms with van der Waals surface area (Å²) < 4.78 is 10.8. The third kappa shape index (κ3) is 4.00. The van der Waals surface area contributed by atoms with Crippen molar-refractivity contribution in [2.45, 2.75) is 6.92 Å². The van der Waals surface area contributed by atoms with Gasteiger partial charge in [0.1, 0.15) is 4.32 Å². The Morgan fingerprint density at radius 3 is 2.75 bits per heavy atom. The van der Waals surface area contributed by atoms with Crippen LogP contribution in [0.2, 0.25) is 5.02 Å². The van der Waals surface area contributed by atoms with Crippen molar-refractivity contribution in [3.8, 4) is 11.5 Å². The van der Waals surface area contributed by atoms with Gasteiger partial charge in [-0.3, -0.25) is 9.69 Å². The number of carboxylic acid groups (broad SMARTS) is 1. The Labute approximate surface area is 153 Å². The van der Waals surface area contributed by atoms with Gasteiger partial charge < -0.3 is 14.6 Å². The van der Waals surface area contributed by atoms with E-state index >= 15 is 0 Å². The number of halogens is 1. The van der Waals surface area contributed by atoms with Crippen LogP contribution in [-0.2, 0) is 9.59 Å². The van der Waals surface area contributed by atoms with Gasteiger partial charge in [-0.05, 0) is 30.7 Å². The molecule has 128 valence electrons. The monoisotopic (exact) mass is 387 g/mol. The van der Waals surface area contributed by atoms with Crippen molar-refractivity contribution in [2.75, 3.05) is 20.3 Å². The fourth-order valence-electron chi connectivity index (χ4n) is 2.02. The molecule has 0 aliphatic carbocycles. The van der Waals surface area contributed by atoms with Gasteiger partial charge >= 0.3 is 5.97 Å². The summed E-state index contributed by atoms with van der Waals surface area (Å²) in [4.78, 5) is 24.9. The fraction of sp³-hybridized carbons (Fsp3) is 0.267. The molecular formula is C15H14ClNO5S2. The van der Waals surface area contributed by atoms with Gasteiger partial charge in [0.25, 0.3) is 5.91 Å². The second-order valence-electron chi connectivity index (χ2n) is 4.64. The highest BCUT2D eigenvalue weighted by molar-refractivity contribution is 8.26. The Morgan fingerprint density at radius 2 is 2.21 bits per heavy atom. The number of hydrogen-bond acceptors (Lipinski definition) is 6. The summed E-state index contributed by atoms with van der Waals surface area (Å²) in [5.41, 5.74) is 0.621. The number of aliphatic carboxylic acids is 1. The van der Waals surface area contributed by atoms with Crippen LogP contribution < -0.4 is 9.47 Å². The third-order valence-corrected chi connectivity index (χ3v) is 4.74. The number of ether oxygens (including phenoxy) is 2. The number of methoxy groups -OCH3 is 1. The maximum atomic E-state index is 12.2. The first-order chi connectivity index (χ1) is 11.4. The van der Waals surface area contributed by atoms with Crippen molar-refractivity contribution in [1.82, 2.24) is 4.90 Å². The molecule has 1 N–H and O–H groups in total. The average molecular weight is 388 g/mol. The van der Waals surface area contributed by atoms with Crippen molar-refractivity contribution in [3.63, 3.8) is 0 Å².